The zero-order valence-electron chi connectivity index (χ0n) is 9.76. The minimum Gasteiger partial charge on any atom is -0.490 e. The van der Waals surface area contributed by atoms with Gasteiger partial charge in [-0.3, -0.25) is 4.79 Å². The fourth-order valence-electron chi connectivity index (χ4n) is 1.62. The van der Waals surface area contributed by atoms with E-state index in [1.807, 2.05) is 0 Å². The Morgan fingerprint density at radius 1 is 1.28 bits per heavy atom. The van der Waals surface area contributed by atoms with Crippen LogP contribution in [0, 0.1) is 5.82 Å². The second kappa shape index (κ2) is 4.83. The van der Waals surface area contributed by atoms with Crippen molar-refractivity contribution in [1.82, 2.24) is 0 Å². The Labute approximate surface area is 103 Å². The standard InChI is InChI=1S/C13H11FN2O2/c1-18-12-8-10(14)2-3-11(12)16-6-4-9(5-7-16)13(15)17/h2-8H,1H3,(H-,15,17)/p+1. The fourth-order valence-corrected chi connectivity index (χ4v) is 1.62. The van der Waals surface area contributed by atoms with Gasteiger partial charge in [0.05, 0.1) is 12.7 Å². The molecule has 1 aromatic heterocycles. The van der Waals surface area contributed by atoms with Gasteiger partial charge in [0.25, 0.3) is 5.69 Å². The van der Waals surface area contributed by atoms with E-state index in [0.29, 0.717) is 17.0 Å². The van der Waals surface area contributed by atoms with Gasteiger partial charge in [0.2, 0.25) is 5.91 Å². The van der Waals surface area contributed by atoms with Gasteiger partial charge in [-0.2, -0.15) is 4.57 Å². The Balaban J connectivity index is 2.45. The Bertz CT molecular complexity index is 582. The molecule has 2 aromatic rings. The molecule has 2 rings (SSSR count). The second-order valence-electron chi connectivity index (χ2n) is 3.67. The van der Waals surface area contributed by atoms with Crippen LogP contribution in [0.15, 0.2) is 42.7 Å². The fraction of sp³-hybridized carbons (Fsp3) is 0.0769. The van der Waals surface area contributed by atoms with E-state index in [-0.39, 0.29) is 5.82 Å². The van der Waals surface area contributed by atoms with Gasteiger partial charge in [-0.25, -0.2) is 4.39 Å². The van der Waals surface area contributed by atoms with Crippen molar-refractivity contribution in [3.63, 3.8) is 0 Å². The smallest absolute Gasteiger partial charge is 0.253 e. The number of methoxy groups -OCH3 is 1. The number of carbonyl (C=O) groups excluding carboxylic acids is 1. The lowest BCUT2D eigenvalue weighted by Gasteiger charge is -2.03. The highest BCUT2D eigenvalue weighted by molar-refractivity contribution is 5.92. The number of benzene rings is 1. The molecule has 0 radical (unpaired) electrons. The van der Waals surface area contributed by atoms with Crippen molar-refractivity contribution in [3.8, 4) is 11.4 Å². The van der Waals surface area contributed by atoms with Gasteiger partial charge in [0, 0.05) is 24.3 Å². The Morgan fingerprint density at radius 3 is 2.50 bits per heavy atom. The maximum atomic E-state index is 13.1. The highest BCUT2D eigenvalue weighted by Gasteiger charge is 2.14. The van der Waals surface area contributed by atoms with E-state index in [9.17, 15) is 9.18 Å². The zero-order chi connectivity index (χ0) is 13.1. The van der Waals surface area contributed by atoms with E-state index in [4.69, 9.17) is 10.5 Å². The molecule has 1 aromatic carbocycles. The van der Waals surface area contributed by atoms with E-state index in [1.165, 1.54) is 19.2 Å². The molecule has 0 bridgehead atoms. The van der Waals surface area contributed by atoms with E-state index in [1.54, 1.807) is 35.2 Å². The molecule has 92 valence electrons. The summed E-state index contributed by atoms with van der Waals surface area (Å²) in [6.45, 7) is 0. The summed E-state index contributed by atoms with van der Waals surface area (Å²) in [5.74, 6) is -0.454. The first-order valence-corrected chi connectivity index (χ1v) is 5.27. The molecule has 1 heterocycles. The van der Waals surface area contributed by atoms with E-state index >= 15 is 0 Å². The Morgan fingerprint density at radius 2 is 1.94 bits per heavy atom. The number of ether oxygens (including phenoxy) is 1. The second-order valence-corrected chi connectivity index (χ2v) is 3.67. The number of primary amides is 1. The van der Waals surface area contributed by atoms with Crippen molar-refractivity contribution in [3.05, 3.63) is 54.1 Å². The van der Waals surface area contributed by atoms with Crippen LogP contribution in [0.4, 0.5) is 4.39 Å². The van der Waals surface area contributed by atoms with Crippen molar-refractivity contribution in [2.24, 2.45) is 5.73 Å². The predicted octanol–water partition coefficient (Wildman–Crippen LogP) is 1.21. The van der Waals surface area contributed by atoms with Gasteiger partial charge in [-0.1, -0.05) is 0 Å². The van der Waals surface area contributed by atoms with Crippen LogP contribution >= 0.6 is 0 Å². The van der Waals surface area contributed by atoms with Gasteiger partial charge in [0.1, 0.15) is 5.82 Å². The van der Waals surface area contributed by atoms with Crippen molar-refractivity contribution >= 4 is 5.91 Å². The number of hydrogen-bond donors (Lipinski definition) is 1. The van der Waals surface area contributed by atoms with Gasteiger partial charge in [0.15, 0.2) is 18.1 Å². The first-order chi connectivity index (χ1) is 8.61. The largest absolute Gasteiger partial charge is 0.490 e. The molecule has 0 unspecified atom stereocenters. The van der Waals surface area contributed by atoms with Crippen LogP contribution in [0.3, 0.4) is 0 Å². The number of carbonyl (C=O) groups is 1. The number of nitrogens with zero attached hydrogens (tertiary/aromatic N) is 1. The van der Waals surface area contributed by atoms with Crippen LogP contribution in [0.2, 0.25) is 0 Å². The summed E-state index contributed by atoms with van der Waals surface area (Å²) in [6, 6.07) is 7.41. The molecule has 2 N–H and O–H groups in total. The monoisotopic (exact) mass is 247 g/mol. The highest BCUT2D eigenvalue weighted by Crippen LogP contribution is 2.19. The number of amides is 1. The summed E-state index contributed by atoms with van der Waals surface area (Å²) in [5, 5.41) is 0. The summed E-state index contributed by atoms with van der Waals surface area (Å²) >= 11 is 0. The van der Waals surface area contributed by atoms with E-state index in [0.717, 1.165) is 0 Å². The summed E-state index contributed by atoms with van der Waals surface area (Å²) < 4.78 is 19.9. The summed E-state index contributed by atoms with van der Waals surface area (Å²) in [5.41, 5.74) is 6.24. The minimum absolute atomic E-state index is 0.370. The van der Waals surface area contributed by atoms with Crippen LogP contribution in [0.25, 0.3) is 5.69 Å². The summed E-state index contributed by atoms with van der Waals surface area (Å²) in [6.07, 6.45) is 3.33. The lowest BCUT2D eigenvalue weighted by atomic mass is 10.2. The van der Waals surface area contributed by atoms with Crippen molar-refractivity contribution in [1.29, 1.82) is 0 Å². The van der Waals surface area contributed by atoms with Crippen LogP contribution in [-0.2, 0) is 0 Å². The number of aromatic nitrogens is 1. The zero-order valence-corrected chi connectivity index (χ0v) is 9.76. The number of halogens is 1. The van der Waals surface area contributed by atoms with Gasteiger partial charge >= 0.3 is 0 Å². The third kappa shape index (κ3) is 2.29. The lowest BCUT2D eigenvalue weighted by molar-refractivity contribution is -0.596. The molecule has 0 saturated heterocycles. The number of nitrogens with two attached hydrogens (primary N) is 1. The molecule has 0 spiro atoms. The Hall–Kier alpha value is -2.43. The molecule has 0 aliphatic rings. The van der Waals surface area contributed by atoms with Crippen LogP contribution in [0.5, 0.6) is 5.75 Å². The van der Waals surface area contributed by atoms with Gasteiger partial charge in [-0.15, -0.1) is 0 Å². The predicted molar refractivity (Wildman–Crippen MR) is 63.0 cm³/mol. The molecular formula is C13H12FN2O2+. The maximum Gasteiger partial charge on any atom is 0.253 e. The molecule has 0 saturated carbocycles. The van der Waals surface area contributed by atoms with Gasteiger partial charge in [-0.05, 0) is 6.07 Å². The quantitative estimate of drug-likeness (QED) is 0.829. The first-order valence-electron chi connectivity index (χ1n) is 5.27. The van der Waals surface area contributed by atoms with Crippen molar-refractivity contribution < 1.29 is 18.5 Å². The lowest BCUT2D eigenvalue weighted by Crippen LogP contribution is -2.30. The minimum atomic E-state index is -0.492. The molecular weight excluding hydrogens is 235 g/mol. The molecule has 18 heavy (non-hydrogen) atoms. The van der Waals surface area contributed by atoms with Crippen LogP contribution in [-0.4, -0.2) is 13.0 Å². The number of hydrogen-bond acceptors (Lipinski definition) is 2. The van der Waals surface area contributed by atoms with Crippen LogP contribution < -0.4 is 15.0 Å². The average molecular weight is 247 g/mol. The molecule has 5 heteroatoms. The third-order valence-electron chi connectivity index (χ3n) is 2.53. The number of pyridine rings is 1. The first kappa shape index (κ1) is 12.0. The molecule has 0 aliphatic carbocycles. The normalized spacial score (nSPS) is 10.1. The molecule has 1 amide bonds. The Kier molecular flexibility index (Phi) is 3.23. The maximum absolute atomic E-state index is 13.1. The SMILES string of the molecule is COc1cc(F)ccc1-[n+]1ccc(C(N)=O)cc1. The van der Waals surface area contributed by atoms with Gasteiger partial charge < -0.3 is 10.5 Å². The topological polar surface area (TPSA) is 56.2 Å². The molecule has 0 aliphatic heterocycles. The van der Waals surface area contributed by atoms with E-state index < -0.39 is 5.91 Å². The summed E-state index contributed by atoms with van der Waals surface area (Å²) in [4.78, 5) is 11.0. The third-order valence-corrected chi connectivity index (χ3v) is 2.53. The molecule has 4 nitrogen and oxygen atoms in total. The van der Waals surface area contributed by atoms with E-state index in [2.05, 4.69) is 0 Å². The average Bonchev–Trinajstić information content (AvgIpc) is 2.38. The summed E-state index contributed by atoms with van der Waals surface area (Å²) in [7, 11) is 1.47. The van der Waals surface area contributed by atoms with Crippen LogP contribution in [0.1, 0.15) is 10.4 Å². The number of rotatable bonds is 3. The molecule has 0 atom stereocenters. The van der Waals surface area contributed by atoms with Crippen molar-refractivity contribution in [2.45, 2.75) is 0 Å². The molecule has 0 fully saturated rings. The highest BCUT2D eigenvalue weighted by atomic mass is 19.1. The van der Waals surface area contributed by atoms with Crippen molar-refractivity contribution in [2.75, 3.05) is 7.11 Å².